The van der Waals surface area contributed by atoms with Crippen LogP contribution < -0.4 is 5.32 Å². The number of hydrogen-bond acceptors (Lipinski definition) is 4. The number of nitrogens with zero attached hydrogens (tertiary/aromatic N) is 1. The van der Waals surface area contributed by atoms with Gasteiger partial charge in [0.25, 0.3) is 16.4 Å². The van der Waals surface area contributed by atoms with Crippen LogP contribution in [0.3, 0.4) is 0 Å². The van der Waals surface area contributed by atoms with E-state index in [4.69, 9.17) is 11.6 Å². The molecule has 0 saturated carbocycles. The zero-order chi connectivity index (χ0) is 34.7. The van der Waals surface area contributed by atoms with E-state index in [1.54, 1.807) is 48.5 Å². The molecule has 0 amide bonds. The Balaban J connectivity index is 1.57. The van der Waals surface area contributed by atoms with E-state index >= 15 is 8.78 Å². The fourth-order valence-corrected chi connectivity index (χ4v) is 8.09. The summed E-state index contributed by atoms with van der Waals surface area (Å²) in [5, 5.41) is 12.7. The van der Waals surface area contributed by atoms with Crippen LogP contribution in [0, 0.1) is 5.82 Å². The summed E-state index contributed by atoms with van der Waals surface area (Å²) >= 11 is 6.52. The molecule has 12 heteroatoms. The van der Waals surface area contributed by atoms with Crippen molar-refractivity contribution in [1.29, 1.82) is 0 Å². The number of carboxylic acid groups (broad SMARTS) is 1. The number of halogens is 5. The van der Waals surface area contributed by atoms with Crippen LogP contribution in [-0.4, -0.2) is 36.6 Å². The monoisotopic (exact) mass is 704 g/mol. The van der Waals surface area contributed by atoms with Gasteiger partial charge in [0, 0.05) is 45.8 Å². The Labute approximate surface area is 283 Å². The Hall–Kier alpha value is -4.97. The van der Waals surface area contributed by atoms with Gasteiger partial charge < -0.3 is 10.4 Å². The van der Waals surface area contributed by atoms with Gasteiger partial charge in [-0.25, -0.2) is 34.7 Å². The van der Waals surface area contributed by atoms with E-state index in [9.17, 15) is 27.1 Å². The molecule has 248 valence electrons. The number of benzene rings is 5. The highest BCUT2D eigenvalue weighted by Crippen LogP contribution is 2.48. The molecule has 1 aliphatic rings. The molecule has 6 aromatic rings. The quantitative estimate of drug-likeness (QED) is 0.154. The van der Waals surface area contributed by atoms with Crippen molar-refractivity contribution in [3.05, 3.63) is 137 Å². The zero-order valence-electron chi connectivity index (χ0n) is 25.3. The minimum absolute atomic E-state index is 0.0153. The minimum atomic E-state index is -4.58. The molecule has 1 aromatic heterocycles. The first-order valence-corrected chi connectivity index (χ1v) is 16.8. The summed E-state index contributed by atoms with van der Waals surface area (Å²) in [6.45, 7) is 0.0307. The lowest BCUT2D eigenvalue weighted by atomic mass is 9.83. The Morgan fingerprint density at radius 3 is 2.22 bits per heavy atom. The van der Waals surface area contributed by atoms with Crippen molar-refractivity contribution in [2.24, 2.45) is 0 Å². The predicted octanol–water partition coefficient (Wildman–Crippen LogP) is 9.08. The number of nitrogens with one attached hydrogen (secondary N) is 1. The van der Waals surface area contributed by atoms with Crippen molar-refractivity contribution in [1.82, 2.24) is 9.29 Å². The molecule has 1 aliphatic heterocycles. The molecule has 2 N–H and O–H groups in total. The maximum Gasteiger partial charge on any atom is 0.335 e. The highest BCUT2D eigenvalue weighted by Gasteiger charge is 2.42. The summed E-state index contributed by atoms with van der Waals surface area (Å²) in [5.74, 6) is -1.82. The summed E-state index contributed by atoms with van der Waals surface area (Å²) in [5.41, 5.74) is 0.110. The Kier molecular flexibility index (Phi) is 8.09. The molecule has 0 atom stereocenters. The van der Waals surface area contributed by atoms with Gasteiger partial charge in [-0.2, -0.15) is 0 Å². The predicted molar refractivity (Wildman–Crippen MR) is 180 cm³/mol. The molecule has 2 heterocycles. The van der Waals surface area contributed by atoms with E-state index in [2.05, 4.69) is 5.32 Å². The van der Waals surface area contributed by atoms with E-state index in [1.807, 2.05) is 0 Å². The first kappa shape index (κ1) is 32.6. The Morgan fingerprint density at radius 2 is 1.57 bits per heavy atom. The summed E-state index contributed by atoms with van der Waals surface area (Å²) in [7, 11) is -4.58. The number of alkyl halides is 3. The number of fused-ring (bicyclic) bond motifs is 1. The second-order valence-corrected chi connectivity index (χ2v) is 13.9. The van der Waals surface area contributed by atoms with Crippen LogP contribution in [0.2, 0.25) is 5.02 Å². The molecule has 0 spiro atoms. The van der Waals surface area contributed by atoms with Gasteiger partial charge in [0.15, 0.2) is 5.67 Å². The maximum atomic E-state index is 16.2. The van der Waals surface area contributed by atoms with Crippen molar-refractivity contribution in [3.63, 3.8) is 0 Å². The summed E-state index contributed by atoms with van der Waals surface area (Å²) in [6, 6.07) is 25.3. The highest BCUT2D eigenvalue weighted by molar-refractivity contribution is 7.90. The molecule has 0 bridgehead atoms. The van der Waals surface area contributed by atoms with Gasteiger partial charge in [-0.3, -0.25) is 0 Å². The maximum absolute atomic E-state index is 16.2. The molecule has 7 rings (SSSR count). The van der Waals surface area contributed by atoms with Gasteiger partial charge in [0.1, 0.15) is 5.82 Å². The Bertz CT molecular complexity index is 2390. The number of hydrogen-bond donors (Lipinski definition) is 2. The first-order chi connectivity index (χ1) is 23.4. The van der Waals surface area contributed by atoms with Gasteiger partial charge in [0.05, 0.1) is 21.7 Å². The molecule has 5 aromatic carbocycles. The molecule has 0 aliphatic carbocycles. The standard InChI is InChI=1S/C37H25ClF4N2O4S/c38-31-17-24(36(45)46)10-14-27(31)22-4-3-5-23(16-22)34-33(28-6-1-2-7-30(28)37(42)19-43-20-37)29-18-25(39)11-15-32(29)44(34)49(47,48)26-12-8-21(9-13-26)35(40)41/h1-18,35,43H,19-20H2,(H,45,46). The first-order valence-electron chi connectivity index (χ1n) is 15.0. The Morgan fingerprint density at radius 1 is 0.857 bits per heavy atom. The van der Waals surface area contributed by atoms with Gasteiger partial charge in [-0.1, -0.05) is 72.3 Å². The lowest BCUT2D eigenvalue weighted by molar-refractivity contribution is 0.0696. The fourth-order valence-electron chi connectivity index (χ4n) is 6.25. The zero-order valence-corrected chi connectivity index (χ0v) is 26.9. The summed E-state index contributed by atoms with van der Waals surface area (Å²) < 4.78 is 88.4. The summed E-state index contributed by atoms with van der Waals surface area (Å²) in [4.78, 5) is 11.2. The smallest absolute Gasteiger partial charge is 0.335 e. The van der Waals surface area contributed by atoms with Gasteiger partial charge >= 0.3 is 5.97 Å². The molecular formula is C37H25ClF4N2O4S. The third kappa shape index (κ3) is 5.57. The molecule has 0 unspecified atom stereocenters. The van der Waals surface area contributed by atoms with Gasteiger partial charge in [-0.05, 0) is 65.2 Å². The number of rotatable bonds is 8. The normalized spacial score (nSPS) is 14.2. The second-order valence-electron chi connectivity index (χ2n) is 11.7. The van der Waals surface area contributed by atoms with Crippen LogP contribution in [0.1, 0.15) is 27.9 Å². The van der Waals surface area contributed by atoms with Crippen LogP contribution in [-0.2, 0) is 15.7 Å². The van der Waals surface area contributed by atoms with Crippen molar-refractivity contribution >= 4 is 38.5 Å². The van der Waals surface area contributed by atoms with Gasteiger partial charge in [-0.15, -0.1) is 0 Å². The van der Waals surface area contributed by atoms with Crippen LogP contribution >= 0.6 is 11.6 Å². The molecule has 0 radical (unpaired) electrons. The third-order valence-electron chi connectivity index (χ3n) is 8.71. The topological polar surface area (TPSA) is 88.4 Å². The lowest BCUT2D eigenvalue weighted by Gasteiger charge is -2.36. The van der Waals surface area contributed by atoms with Crippen LogP contribution in [0.4, 0.5) is 17.6 Å². The summed E-state index contributed by atoms with van der Waals surface area (Å²) in [6.07, 6.45) is -2.82. The van der Waals surface area contributed by atoms with Crippen molar-refractivity contribution in [3.8, 4) is 33.5 Å². The lowest BCUT2D eigenvalue weighted by Crippen LogP contribution is -2.53. The largest absolute Gasteiger partial charge is 0.478 e. The number of aromatic carboxylic acids is 1. The van der Waals surface area contributed by atoms with E-state index in [-0.39, 0.29) is 61.9 Å². The molecule has 49 heavy (non-hydrogen) atoms. The molecule has 1 fully saturated rings. The minimum Gasteiger partial charge on any atom is -0.478 e. The molecule has 6 nitrogen and oxygen atoms in total. The second kappa shape index (κ2) is 12.2. The van der Waals surface area contributed by atoms with Crippen LogP contribution in [0.5, 0.6) is 0 Å². The third-order valence-corrected chi connectivity index (χ3v) is 10.8. The van der Waals surface area contributed by atoms with Crippen LogP contribution in [0.25, 0.3) is 44.4 Å². The SMILES string of the molecule is O=C(O)c1ccc(-c2cccc(-c3c(-c4ccccc4C4(F)CNC4)c4cc(F)ccc4n3S(=O)(=O)c3ccc(C(F)F)cc3)c2)c(Cl)c1. The molecule has 1 saturated heterocycles. The number of aromatic nitrogens is 1. The van der Waals surface area contributed by atoms with Gasteiger partial charge in [0.2, 0.25) is 0 Å². The van der Waals surface area contributed by atoms with E-state index in [1.165, 1.54) is 30.3 Å². The van der Waals surface area contributed by atoms with E-state index in [0.717, 1.165) is 34.3 Å². The number of carbonyl (C=O) groups is 1. The van der Waals surface area contributed by atoms with Crippen LogP contribution in [0.15, 0.2) is 114 Å². The average molecular weight is 705 g/mol. The van der Waals surface area contributed by atoms with Crippen molar-refractivity contribution in [2.75, 3.05) is 13.1 Å². The van der Waals surface area contributed by atoms with E-state index < -0.39 is 33.9 Å². The van der Waals surface area contributed by atoms with Crippen molar-refractivity contribution < 1.29 is 35.9 Å². The van der Waals surface area contributed by atoms with Crippen molar-refractivity contribution in [2.45, 2.75) is 17.0 Å². The molecular weight excluding hydrogens is 680 g/mol. The number of carboxylic acids is 1. The average Bonchev–Trinajstić information content (AvgIpc) is 3.42. The fraction of sp³-hybridized carbons (Fsp3) is 0.108. The highest BCUT2D eigenvalue weighted by atomic mass is 35.5. The van der Waals surface area contributed by atoms with E-state index in [0.29, 0.717) is 22.3 Å².